The quantitative estimate of drug-likeness (QED) is 0.418. The number of carbonyl (C=O) groups excluding carboxylic acids is 1. The van der Waals surface area contributed by atoms with Gasteiger partial charge in [0.05, 0.1) is 5.92 Å². The number of ether oxygens (including phenoxy) is 3. The number of esters is 1. The van der Waals surface area contributed by atoms with E-state index < -0.39 is 0 Å². The van der Waals surface area contributed by atoms with Crippen molar-refractivity contribution in [2.24, 2.45) is 17.3 Å². The van der Waals surface area contributed by atoms with Crippen LogP contribution in [0, 0.1) is 17.3 Å². The first-order chi connectivity index (χ1) is 11.9. The summed E-state index contributed by atoms with van der Waals surface area (Å²) in [5.41, 5.74) is 3.40. The largest absolute Gasteiger partial charge is 0.462 e. The Hall–Kier alpha value is -0.910. The van der Waals surface area contributed by atoms with Crippen LogP contribution in [0.3, 0.4) is 0 Å². The molecule has 0 amide bonds. The first-order valence-electron chi connectivity index (χ1n) is 9.51. The van der Waals surface area contributed by atoms with Gasteiger partial charge in [0, 0.05) is 33.2 Å². The summed E-state index contributed by atoms with van der Waals surface area (Å²) >= 11 is 0. The van der Waals surface area contributed by atoms with Gasteiger partial charge in [0.1, 0.15) is 6.10 Å². The Balaban J connectivity index is 1.72. The van der Waals surface area contributed by atoms with Gasteiger partial charge in [-0.1, -0.05) is 18.1 Å². The molecule has 5 nitrogen and oxygen atoms in total. The maximum absolute atomic E-state index is 12.6. The van der Waals surface area contributed by atoms with E-state index in [0.717, 1.165) is 12.8 Å². The molecule has 3 rings (SSSR count). The molecule has 142 valence electrons. The molecule has 1 aliphatic heterocycles. The molecule has 1 saturated heterocycles. The number of likely N-dealkylation sites (N-methyl/N-ethyl adjacent to an activating group) is 1. The van der Waals surface area contributed by atoms with Crippen LogP contribution in [-0.2, 0) is 19.0 Å². The van der Waals surface area contributed by atoms with Crippen LogP contribution in [0.2, 0.25) is 0 Å². The summed E-state index contributed by atoms with van der Waals surface area (Å²) in [5, 5.41) is 0. The van der Waals surface area contributed by atoms with Gasteiger partial charge in [0.25, 0.3) is 0 Å². The second-order valence-electron chi connectivity index (χ2n) is 8.45. The molecule has 0 aromatic rings. The average molecular weight is 351 g/mol. The van der Waals surface area contributed by atoms with E-state index in [2.05, 4.69) is 18.7 Å². The van der Waals surface area contributed by atoms with E-state index in [9.17, 15) is 4.79 Å². The van der Waals surface area contributed by atoms with Gasteiger partial charge in [-0.3, -0.25) is 4.79 Å². The molecule has 0 bridgehead atoms. The van der Waals surface area contributed by atoms with E-state index >= 15 is 0 Å². The van der Waals surface area contributed by atoms with Crippen molar-refractivity contribution in [3.63, 3.8) is 0 Å². The molecule has 0 radical (unpaired) electrons. The van der Waals surface area contributed by atoms with Gasteiger partial charge in [-0.05, 0) is 51.5 Å². The van der Waals surface area contributed by atoms with Crippen molar-refractivity contribution in [1.29, 1.82) is 0 Å². The summed E-state index contributed by atoms with van der Waals surface area (Å²) in [6, 6.07) is 0. The van der Waals surface area contributed by atoms with E-state index in [1.165, 1.54) is 19.3 Å². The third kappa shape index (κ3) is 3.64. The number of allylic oxidation sites excluding steroid dienone is 2. The van der Waals surface area contributed by atoms with Crippen molar-refractivity contribution in [3.05, 3.63) is 11.1 Å². The van der Waals surface area contributed by atoms with Crippen LogP contribution < -0.4 is 0 Å². The minimum atomic E-state index is -0.267. The molecular weight excluding hydrogens is 318 g/mol. The summed E-state index contributed by atoms with van der Waals surface area (Å²) < 4.78 is 16.4. The van der Waals surface area contributed by atoms with Gasteiger partial charge in [0.15, 0.2) is 6.29 Å². The summed E-state index contributed by atoms with van der Waals surface area (Å²) in [5.74, 6) is 0.250. The summed E-state index contributed by atoms with van der Waals surface area (Å²) in [6.45, 7) is 6.00. The third-order valence-electron chi connectivity index (χ3n) is 6.68. The second kappa shape index (κ2) is 7.37. The highest BCUT2D eigenvalue weighted by Gasteiger charge is 2.53. The molecule has 3 aliphatic rings. The molecule has 0 aromatic heterocycles. The number of rotatable bonds is 6. The number of hydrogen-bond acceptors (Lipinski definition) is 5. The fraction of sp³-hybridized carbons (Fsp3) is 0.850. The predicted octanol–water partition coefficient (Wildman–Crippen LogP) is 3.00. The van der Waals surface area contributed by atoms with E-state index in [0.29, 0.717) is 19.0 Å². The Morgan fingerprint density at radius 2 is 2.08 bits per heavy atom. The van der Waals surface area contributed by atoms with Gasteiger partial charge in [0.2, 0.25) is 0 Å². The minimum absolute atomic E-state index is 0.0197. The molecule has 2 fully saturated rings. The minimum Gasteiger partial charge on any atom is -0.462 e. The zero-order chi connectivity index (χ0) is 18.2. The lowest BCUT2D eigenvalue weighted by molar-refractivity contribution is -0.146. The molecule has 4 unspecified atom stereocenters. The van der Waals surface area contributed by atoms with Crippen molar-refractivity contribution < 1.29 is 19.0 Å². The van der Waals surface area contributed by atoms with Crippen molar-refractivity contribution >= 4 is 5.97 Å². The maximum atomic E-state index is 12.6. The molecular formula is C20H33NO4. The maximum Gasteiger partial charge on any atom is 0.310 e. The summed E-state index contributed by atoms with van der Waals surface area (Å²) in [7, 11) is 5.30. The van der Waals surface area contributed by atoms with Crippen LogP contribution in [0.1, 0.15) is 46.0 Å². The van der Waals surface area contributed by atoms with Gasteiger partial charge >= 0.3 is 5.97 Å². The Bertz CT molecular complexity index is 542. The number of carbonyl (C=O) groups is 1. The zero-order valence-corrected chi connectivity index (χ0v) is 16.3. The molecule has 2 aliphatic carbocycles. The van der Waals surface area contributed by atoms with Crippen molar-refractivity contribution in [2.45, 2.75) is 58.3 Å². The van der Waals surface area contributed by atoms with Crippen LogP contribution in [0.4, 0.5) is 0 Å². The standard InChI is InChI=1S/C20H33NO4/c1-13-7-6-8-20(2)10-17-14(9-16(13)20)15(19(22)25-17)11-21(3)12-18(23-4)24-5/h14-15,17-18H,6-12H2,1-5H3. The zero-order valence-electron chi connectivity index (χ0n) is 16.3. The van der Waals surface area contributed by atoms with Gasteiger partial charge in [-0.2, -0.15) is 0 Å². The summed E-state index contributed by atoms with van der Waals surface area (Å²) in [6.07, 6.45) is 5.55. The van der Waals surface area contributed by atoms with E-state index in [-0.39, 0.29) is 29.7 Å². The highest BCUT2D eigenvalue weighted by molar-refractivity contribution is 5.76. The first-order valence-corrected chi connectivity index (χ1v) is 9.51. The van der Waals surface area contributed by atoms with Crippen LogP contribution in [0.5, 0.6) is 0 Å². The lowest BCUT2D eigenvalue weighted by atomic mass is 9.59. The normalized spacial score (nSPS) is 35.2. The summed E-state index contributed by atoms with van der Waals surface area (Å²) in [4.78, 5) is 14.7. The number of fused-ring (bicyclic) bond motifs is 2. The highest BCUT2D eigenvalue weighted by Crippen LogP contribution is 2.55. The van der Waals surface area contributed by atoms with Gasteiger partial charge in [-0.15, -0.1) is 0 Å². The van der Waals surface area contributed by atoms with E-state index in [1.807, 2.05) is 7.05 Å². The molecule has 0 aromatic carbocycles. The Labute approximate surface area is 151 Å². The van der Waals surface area contributed by atoms with Crippen molar-refractivity contribution in [3.8, 4) is 0 Å². The third-order valence-corrected chi connectivity index (χ3v) is 6.68. The van der Waals surface area contributed by atoms with Crippen molar-refractivity contribution in [1.82, 2.24) is 4.90 Å². The van der Waals surface area contributed by atoms with Crippen LogP contribution in [-0.4, -0.2) is 57.6 Å². The molecule has 1 saturated carbocycles. The molecule has 1 heterocycles. The van der Waals surface area contributed by atoms with E-state index in [4.69, 9.17) is 14.2 Å². The number of nitrogens with zero attached hydrogens (tertiary/aromatic N) is 1. The number of methoxy groups -OCH3 is 2. The Morgan fingerprint density at radius 3 is 2.76 bits per heavy atom. The molecule has 0 N–H and O–H groups in total. The Kier molecular flexibility index (Phi) is 5.57. The van der Waals surface area contributed by atoms with Crippen LogP contribution in [0.25, 0.3) is 0 Å². The van der Waals surface area contributed by atoms with Gasteiger partial charge < -0.3 is 19.1 Å². The average Bonchev–Trinajstić information content (AvgIpc) is 2.85. The van der Waals surface area contributed by atoms with E-state index in [1.54, 1.807) is 25.4 Å². The van der Waals surface area contributed by atoms with Gasteiger partial charge in [-0.25, -0.2) is 0 Å². The monoisotopic (exact) mass is 351 g/mol. The lowest BCUT2D eigenvalue weighted by Gasteiger charge is -2.46. The smallest absolute Gasteiger partial charge is 0.310 e. The highest BCUT2D eigenvalue weighted by atomic mass is 16.7. The Morgan fingerprint density at radius 1 is 1.36 bits per heavy atom. The number of hydrogen-bond donors (Lipinski definition) is 0. The van der Waals surface area contributed by atoms with Crippen LogP contribution in [0.15, 0.2) is 11.1 Å². The second-order valence-corrected chi connectivity index (χ2v) is 8.45. The molecule has 5 heteroatoms. The molecule has 4 atom stereocenters. The molecule has 0 spiro atoms. The fourth-order valence-electron chi connectivity index (χ4n) is 5.23. The lowest BCUT2D eigenvalue weighted by Crippen LogP contribution is -2.42. The predicted molar refractivity (Wildman–Crippen MR) is 96.1 cm³/mol. The first kappa shape index (κ1) is 18.9. The molecule has 25 heavy (non-hydrogen) atoms. The van der Waals surface area contributed by atoms with Crippen molar-refractivity contribution in [2.75, 3.05) is 34.4 Å². The van der Waals surface area contributed by atoms with Crippen LogP contribution >= 0.6 is 0 Å². The fourth-order valence-corrected chi connectivity index (χ4v) is 5.23. The SMILES string of the molecule is COC(CN(C)CC1C(=O)OC2CC3(C)CCCC(C)=C3CC21)OC. The topological polar surface area (TPSA) is 48.0 Å².